The molecule has 0 saturated carbocycles. The van der Waals surface area contributed by atoms with Gasteiger partial charge in [-0.05, 0) is 11.1 Å². The number of hydrogen-bond acceptors (Lipinski definition) is 2. The van der Waals surface area contributed by atoms with Gasteiger partial charge in [0, 0.05) is 13.0 Å². The van der Waals surface area contributed by atoms with Gasteiger partial charge in [0.2, 0.25) is 5.91 Å². The Kier molecular flexibility index (Phi) is 4.57. The summed E-state index contributed by atoms with van der Waals surface area (Å²) in [7, 11) is 0. The maximum absolute atomic E-state index is 12.3. The number of rotatable bonds is 4. The van der Waals surface area contributed by atoms with Gasteiger partial charge in [-0.1, -0.05) is 60.7 Å². The van der Waals surface area contributed by atoms with Crippen LogP contribution < -0.4 is 16.0 Å². The van der Waals surface area contributed by atoms with E-state index in [1.807, 2.05) is 60.7 Å². The number of benzene rings is 2. The summed E-state index contributed by atoms with van der Waals surface area (Å²) in [4.78, 5) is 23.5. The zero-order valence-electron chi connectivity index (χ0n) is 12.7. The summed E-state index contributed by atoms with van der Waals surface area (Å²) in [6, 6.07) is 19.0. The van der Waals surface area contributed by atoms with Crippen molar-refractivity contribution in [1.82, 2.24) is 16.0 Å². The Bertz CT molecular complexity index is 634. The first kappa shape index (κ1) is 15.1. The molecule has 1 aliphatic heterocycles. The molecule has 3 amide bonds. The molecule has 5 nitrogen and oxygen atoms in total. The molecule has 23 heavy (non-hydrogen) atoms. The summed E-state index contributed by atoms with van der Waals surface area (Å²) >= 11 is 0. The van der Waals surface area contributed by atoms with Crippen LogP contribution in [0.25, 0.3) is 0 Å². The molecule has 3 N–H and O–H groups in total. The lowest BCUT2D eigenvalue weighted by Crippen LogP contribution is -2.44. The molecule has 1 atom stereocenters. The van der Waals surface area contributed by atoms with E-state index >= 15 is 0 Å². The largest absolute Gasteiger partial charge is 0.354 e. The van der Waals surface area contributed by atoms with Crippen molar-refractivity contribution < 1.29 is 9.59 Å². The lowest BCUT2D eigenvalue weighted by Gasteiger charge is -2.21. The Balaban J connectivity index is 1.74. The molecule has 0 aromatic heterocycles. The van der Waals surface area contributed by atoms with E-state index in [1.165, 1.54) is 0 Å². The van der Waals surface area contributed by atoms with Crippen molar-refractivity contribution in [2.75, 3.05) is 6.54 Å². The highest BCUT2D eigenvalue weighted by atomic mass is 16.2. The van der Waals surface area contributed by atoms with Gasteiger partial charge in [0.15, 0.2) is 0 Å². The van der Waals surface area contributed by atoms with Crippen molar-refractivity contribution in [3.8, 4) is 0 Å². The van der Waals surface area contributed by atoms with Crippen LogP contribution >= 0.6 is 0 Å². The van der Waals surface area contributed by atoms with Crippen LogP contribution in [0.4, 0.5) is 4.79 Å². The summed E-state index contributed by atoms with van der Waals surface area (Å²) in [6.45, 7) is 0.480. The average Bonchev–Trinajstić information content (AvgIpc) is 2.99. The summed E-state index contributed by atoms with van der Waals surface area (Å²) in [5.41, 5.74) is 2.02. The van der Waals surface area contributed by atoms with Crippen LogP contribution in [0, 0.1) is 0 Å². The van der Waals surface area contributed by atoms with Gasteiger partial charge in [0.1, 0.15) is 0 Å². The summed E-state index contributed by atoms with van der Waals surface area (Å²) in [5.74, 6) is -0.0297. The minimum absolute atomic E-state index is 0.0297. The van der Waals surface area contributed by atoms with Gasteiger partial charge in [-0.3, -0.25) is 4.79 Å². The fourth-order valence-corrected chi connectivity index (χ4v) is 2.72. The first-order valence-corrected chi connectivity index (χ1v) is 7.66. The lowest BCUT2D eigenvalue weighted by atomic mass is 9.99. The quantitative estimate of drug-likeness (QED) is 0.808. The average molecular weight is 309 g/mol. The van der Waals surface area contributed by atoms with Crippen molar-refractivity contribution >= 4 is 11.9 Å². The molecular formula is C18H19N3O2. The summed E-state index contributed by atoms with van der Waals surface area (Å²) in [5, 5.41) is 8.56. The second kappa shape index (κ2) is 6.96. The monoisotopic (exact) mass is 309 g/mol. The van der Waals surface area contributed by atoms with Crippen LogP contribution in [0.15, 0.2) is 60.7 Å². The van der Waals surface area contributed by atoms with E-state index < -0.39 is 0 Å². The third kappa shape index (κ3) is 3.88. The Morgan fingerprint density at radius 2 is 1.57 bits per heavy atom. The Morgan fingerprint density at radius 1 is 1.00 bits per heavy atom. The second-order valence-corrected chi connectivity index (χ2v) is 5.58. The highest BCUT2D eigenvalue weighted by Gasteiger charge is 2.24. The zero-order valence-corrected chi connectivity index (χ0v) is 12.7. The second-order valence-electron chi connectivity index (χ2n) is 5.58. The first-order chi connectivity index (χ1) is 11.2. The minimum atomic E-state index is -0.274. The number of urea groups is 1. The van der Waals surface area contributed by atoms with E-state index in [2.05, 4.69) is 16.0 Å². The molecule has 0 unspecified atom stereocenters. The molecule has 1 heterocycles. The highest BCUT2D eigenvalue weighted by Crippen LogP contribution is 2.21. The fourth-order valence-electron chi connectivity index (χ4n) is 2.72. The number of carbonyl (C=O) groups excluding carboxylic acids is 2. The number of amides is 3. The SMILES string of the molecule is O=C1C[C@H](NC(=O)NC(c2ccccc2)c2ccccc2)CN1. The standard InChI is InChI=1S/C18H19N3O2/c22-16-11-15(12-19-16)20-18(23)21-17(13-7-3-1-4-8-13)14-9-5-2-6-10-14/h1-10,15,17H,11-12H2,(H,19,22)(H2,20,21,23)/t15-/m0/s1. The van der Waals surface area contributed by atoms with Gasteiger partial charge < -0.3 is 16.0 Å². The number of hydrogen-bond donors (Lipinski definition) is 3. The van der Waals surface area contributed by atoms with Crippen LogP contribution in [-0.4, -0.2) is 24.5 Å². The fraction of sp³-hybridized carbons (Fsp3) is 0.222. The summed E-state index contributed by atoms with van der Waals surface area (Å²) in [6.07, 6.45) is 0.328. The third-order valence-corrected chi connectivity index (χ3v) is 3.85. The molecule has 5 heteroatoms. The molecule has 0 aliphatic carbocycles. The molecule has 0 radical (unpaired) electrons. The van der Waals surface area contributed by atoms with Crippen LogP contribution in [0.2, 0.25) is 0 Å². The van der Waals surface area contributed by atoms with Gasteiger partial charge in [0.05, 0.1) is 12.1 Å². The Labute approximate surface area is 135 Å². The van der Waals surface area contributed by atoms with Gasteiger partial charge in [-0.2, -0.15) is 0 Å². The highest BCUT2D eigenvalue weighted by molar-refractivity contribution is 5.81. The van der Waals surface area contributed by atoms with Gasteiger partial charge in [0.25, 0.3) is 0 Å². The smallest absolute Gasteiger partial charge is 0.315 e. The minimum Gasteiger partial charge on any atom is -0.354 e. The molecule has 0 spiro atoms. The third-order valence-electron chi connectivity index (χ3n) is 3.85. The van der Waals surface area contributed by atoms with Gasteiger partial charge in [-0.25, -0.2) is 4.79 Å². The molecule has 118 valence electrons. The molecule has 3 rings (SSSR count). The number of carbonyl (C=O) groups is 2. The van der Waals surface area contributed by atoms with E-state index in [9.17, 15) is 9.59 Å². The first-order valence-electron chi connectivity index (χ1n) is 7.66. The molecular weight excluding hydrogens is 290 g/mol. The van der Waals surface area contributed by atoms with Crippen LogP contribution in [0.5, 0.6) is 0 Å². The predicted octanol–water partition coefficient (Wildman–Crippen LogP) is 1.96. The van der Waals surface area contributed by atoms with Crippen LogP contribution in [-0.2, 0) is 4.79 Å². The molecule has 0 bridgehead atoms. The topological polar surface area (TPSA) is 70.2 Å². The summed E-state index contributed by atoms with van der Waals surface area (Å²) < 4.78 is 0. The number of nitrogens with one attached hydrogen (secondary N) is 3. The van der Waals surface area contributed by atoms with E-state index in [1.54, 1.807) is 0 Å². The lowest BCUT2D eigenvalue weighted by molar-refractivity contribution is -0.119. The molecule has 1 aliphatic rings. The van der Waals surface area contributed by atoms with E-state index in [0.717, 1.165) is 11.1 Å². The van der Waals surface area contributed by atoms with Crippen molar-refractivity contribution in [3.63, 3.8) is 0 Å². The maximum atomic E-state index is 12.3. The Morgan fingerprint density at radius 3 is 2.04 bits per heavy atom. The van der Waals surface area contributed by atoms with Crippen molar-refractivity contribution in [2.24, 2.45) is 0 Å². The maximum Gasteiger partial charge on any atom is 0.315 e. The van der Waals surface area contributed by atoms with Gasteiger partial charge >= 0.3 is 6.03 Å². The molecule has 1 saturated heterocycles. The van der Waals surface area contributed by atoms with Gasteiger partial charge in [-0.15, -0.1) is 0 Å². The van der Waals surface area contributed by atoms with Crippen LogP contribution in [0.3, 0.4) is 0 Å². The van der Waals surface area contributed by atoms with Crippen molar-refractivity contribution in [1.29, 1.82) is 0 Å². The van der Waals surface area contributed by atoms with E-state index in [0.29, 0.717) is 13.0 Å². The Hall–Kier alpha value is -2.82. The normalized spacial score (nSPS) is 16.9. The predicted molar refractivity (Wildman–Crippen MR) is 87.8 cm³/mol. The molecule has 1 fully saturated rings. The zero-order chi connectivity index (χ0) is 16.1. The van der Waals surface area contributed by atoms with E-state index in [4.69, 9.17) is 0 Å². The van der Waals surface area contributed by atoms with Crippen molar-refractivity contribution in [2.45, 2.75) is 18.5 Å². The molecule has 2 aromatic carbocycles. The molecule has 2 aromatic rings. The van der Waals surface area contributed by atoms with E-state index in [-0.39, 0.29) is 24.0 Å². The van der Waals surface area contributed by atoms with Crippen LogP contribution in [0.1, 0.15) is 23.6 Å². The van der Waals surface area contributed by atoms with Crippen molar-refractivity contribution in [3.05, 3.63) is 71.8 Å².